The zero-order valence-corrected chi connectivity index (χ0v) is 18.2. The van der Waals surface area contributed by atoms with E-state index in [4.69, 9.17) is 4.74 Å². The third-order valence-electron chi connectivity index (χ3n) is 6.20. The van der Waals surface area contributed by atoms with Crippen LogP contribution < -0.4 is 15.7 Å². The second-order valence-electron chi connectivity index (χ2n) is 8.28. The number of nitrogens with zero attached hydrogens (tertiary/aromatic N) is 1. The maximum Gasteiger partial charge on any atom is 0.323 e. The van der Waals surface area contributed by atoms with Gasteiger partial charge in [-0.15, -0.1) is 0 Å². The van der Waals surface area contributed by atoms with Gasteiger partial charge in [-0.05, 0) is 48.6 Å². The number of hydrogen-bond acceptors (Lipinski definition) is 4. The molecule has 5 rings (SSSR count). The Hall–Kier alpha value is -4.07. The molecule has 3 N–H and O–H groups in total. The molecule has 0 radical (unpaired) electrons. The van der Waals surface area contributed by atoms with E-state index in [-0.39, 0.29) is 23.4 Å². The predicted molar refractivity (Wildman–Crippen MR) is 127 cm³/mol. The van der Waals surface area contributed by atoms with Gasteiger partial charge < -0.3 is 24.9 Å². The van der Waals surface area contributed by atoms with Crippen LogP contribution in [0.3, 0.4) is 0 Å². The zero-order valence-electron chi connectivity index (χ0n) is 18.2. The molecule has 3 aromatic carbocycles. The highest BCUT2D eigenvalue weighted by Crippen LogP contribution is 2.30. The summed E-state index contributed by atoms with van der Waals surface area (Å²) in [6.07, 6.45) is 1.46. The average Bonchev–Trinajstić information content (AvgIpc) is 3.22. The number of imidazole rings is 1. The summed E-state index contributed by atoms with van der Waals surface area (Å²) >= 11 is 0. The van der Waals surface area contributed by atoms with Crippen molar-refractivity contribution in [3.63, 3.8) is 0 Å². The van der Waals surface area contributed by atoms with Crippen molar-refractivity contribution < 1.29 is 14.3 Å². The van der Waals surface area contributed by atoms with Crippen LogP contribution in [0, 0.1) is 5.92 Å². The number of fused-ring (bicyclic) bond motifs is 2. The van der Waals surface area contributed by atoms with E-state index in [0.29, 0.717) is 41.8 Å². The predicted octanol–water partition coefficient (Wildman–Crippen LogP) is 3.51. The number of amides is 2. The van der Waals surface area contributed by atoms with E-state index in [0.717, 1.165) is 22.9 Å². The molecule has 1 aromatic heterocycles. The van der Waals surface area contributed by atoms with Gasteiger partial charge in [-0.3, -0.25) is 9.59 Å². The summed E-state index contributed by atoms with van der Waals surface area (Å²) in [6.45, 7) is 0.966. The van der Waals surface area contributed by atoms with Crippen molar-refractivity contribution in [3.05, 3.63) is 70.6 Å². The molecule has 1 aliphatic heterocycles. The first-order valence-electron chi connectivity index (χ1n) is 10.9. The molecule has 1 fully saturated rings. The van der Waals surface area contributed by atoms with Crippen molar-refractivity contribution in [2.75, 3.05) is 25.5 Å². The van der Waals surface area contributed by atoms with Crippen LogP contribution in [0.15, 0.2) is 59.4 Å². The van der Waals surface area contributed by atoms with Crippen molar-refractivity contribution >= 4 is 39.3 Å². The molecule has 1 aliphatic rings. The van der Waals surface area contributed by atoms with Gasteiger partial charge >= 0.3 is 5.69 Å². The molecular weight excluding hydrogens is 420 g/mol. The van der Waals surface area contributed by atoms with Gasteiger partial charge in [-0.2, -0.15) is 0 Å². The van der Waals surface area contributed by atoms with Crippen LogP contribution in [0.4, 0.5) is 5.69 Å². The van der Waals surface area contributed by atoms with Crippen molar-refractivity contribution in [1.29, 1.82) is 0 Å². The summed E-state index contributed by atoms with van der Waals surface area (Å²) in [5, 5.41) is 4.65. The number of carbonyl (C=O) groups is 2. The molecule has 8 heteroatoms. The molecule has 4 aromatic rings. The second kappa shape index (κ2) is 8.46. The Bertz CT molecular complexity index is 1420. The van der Waals surface area contributed by atoms with Crippen LogP contribution in [0.2, 0.25) is 0 Å². The number of piperidine rings is 1. The average molecular weight is 444 g/mol. The number of likely N-dealkylation sites (tertiary alicyclic amines) is 1. The molecule has 2 heterocycles. The third kappa shape index (κ3) is 3.95. The summed E-state index contributed by atoms with van der Waals surface area (Å²) in [5.74, 6) is 0.189. The van der Waals surface area contributed by atoms with E-state index in [1.54, 1.807) is 36.3 Å². The smallest absolute Gasteiger partial charge is 0.323 e. The van der Waals surface area contributed by atoms with Crippen LogP contribution in [0.25, 0.3) is 21.8 Å². The fourth-order valence-corrected chi connectivity index (χ4v) is 4.54. The lowest BCUT2D eigenvalue weighted by atomic mass is 9.95. The number of H-pyrrole nitrogens is 2. The first-order chi connectivity index (χ1) is 16.0. The molecule has 0 bridgehead atoms. The van der Waals surface area contributed by atoms with Crippen molar-refractivity contribution in [3.8, 4) is 5.75 Å². The van der Waals surface area contributed by atoms with Crippen LogP contribution in [-0.2, 0) is 4.79 Å². The van der Waals surface area contributed by atoms with Crippen molar-refractivity contribution in [2.45, 2.75) is 12.8 Å². The van der Waals surface area contributed by atoms with E-state index in [9.17, 15) is 14.4 Å². The Morgan fingerprint density at radius 2 is 1.82 bits per heavy atom. The lowest BCUT2D eigenvalue weighted by Gasteiger charge is -2.32. The summed E-state index contributed by atoms with van der Waals surface area (Å²) in [6, 6.07) is 16.5. The molecular formula is C25H24N4O4. The molecule has 8 nitrogen and oxygen atoms in total. The third-order valence-corrected chi connectivity index (χ3v) is 6.20. The van der Waals surface area contributed by atoms with Gasteiger partial charge in [-0.25, -0.2) is 4.79 Å². The van der Waals surface area contributed by atoms with Gasteiger partial charge in [0.2, 0.25) is 5.91 Å². The highest BCUT2D eigenvalue weighted by Gasteiger charge is 2.30. The maximum atomic E-state index is 13.4. The van der Waals surface area contributed by atoms with Crippen LogP contribution in [-0.4, -0.2) is 46.9 Å². The van der Waals surface area contributed by atoms with E-state index < -0.39 is 0 Å². The van der Waals surface area contributed by atoms with Crippen molar-refractivity contribution in [1.82, 2.24) is 14.9 Å². The minimum Gasteiger partial charge on any atom is -0.496 e. The van der Waals surface area contributed by atoms with Gasteiger partial charge in [0.15, 0.2) is 0 Å². The molecule has 0 spiro atoms. The first-order valence-corrected chi connectivity index (χ1v) is 10.9. The van der Waals surface area contributed by atoms with Crippen LogP contribution >= 0.6 is 0 Å². The number of rotatable bonds is 4. The number of carbonyl (C=O) groups excluding carboxylic acids is 2. The Morgan fingerprint density at radius 1 is 1.03 bits per heavy atom. The van der Waals surface area contributed by atoms with Crippen LogP contribution in [0.5, 0.6) is 5.75 Å². The molecule has 1 atom stereocenters. The standard InChI is InChI=1S/C25H24N4O4/c1-33-22-11-9-19(17-6-2-3-7-18(17)22)24(31)29-12-4-5-15(14-29)23(30)26-16-8-10-20-21(13-16)28-25(32)27-20/h2-3,6-11,13,15H,4-5,12,14H2,1H3,(H,26,30)(H2,27,28,32). The molecule has 2 amide bonds. The van der Waals surface area contributed by atoms with Gasteiger partial charge in [0.1, 0.15) is 5.75 Å². The highest BCUT2D eigenvalue weighted by molar-refractivity contribution is 6.09. The SMILES string of the molecule is COc1ccc(C(=O)N2CCCC(C(=O)Nc3ccc4[nH]c(=O)[nH]c4c3)C2)c2ccccc12. The molecule has 33 heavy (non-hydrogen) atoms. The lowest BCUT2D eigenvalue weighted by Crippen LogP contribution is -2.43. The van der Waals surface area contributed by atoms with Crippen molar-refractivity contribution in [2.24, 2.45) is 5.92 Å². The Labute approximate surface area is 189 Å². The maximum absolute atomic E-state index is 13.4. The number of anilines is 1. The Kier molecular flexibility index (Phi) is 5.34. The number of hydrogen-bond donors (Lipinski definition) is 3. The summed E-state index contributed by atoms with van der Waals surface area (Å²) in [7, 11) is 1.61. The number of aromatic amines is 2. The highest BCUT2D eigenvalue weighted by atomic mass is 16.5. The summed E-state index contributed by atoms with van der Waals surface area (Å²) in [5.41, 5.74) is 2.23. The monoisotopic (exact) mass is 444 g/mol. The fourth-order valence-electron chi connectivity index (χ4n) is 4.54. The van der Waals surface area contributed by atoms with Gasteiger partial charge in [0, 0.05) is 29.7 Å². The van der Waals surface area contributed by atoms with Crippen LogP contribution in [0.1, 0.15) is 23.2 Å². The number of methoxy groups -OCH3 is 1. The minimum atomic E-state index is -0.312. The molecule has 0 aliphatic carbocycles. The number of aromatic nitrogens is 2. The second-order valence-corrected chi connectivity index (χ2v) is 8.28. The summed E-state index contributed by atoms with van der Waals surface area (Å²) in [4.78, 5) is 45.0. The Balaban J connectivity index is 1.34. The van der Waals surface area contributed by atoms with Gasteiger partial charge in [0.25, 0.3) is 5.91 Å². The Morgan fingerprint density at radius 3 is 2.64 bits per heavy atom. The number of nitrogens with one attached hydrogen (secondary N) is 3. The molecule has 1 saturated heterocycles. The summed E-state index contributed by atoms with van der Waals surface area (Å²) < 4.78 is 5.44. The van der Waals surface area contributed by atoms with Gasteiger partial charge in [0.05, 0.1) is 24.1 Å². The van der Waals surface area contributed by atoms with E-state index in [2.05, 4.69) is 15.3 Å². The lowest BCUT2D eigenvalue weighted by molar-refractivity contribution is -0.121. The minimum absolute atomic E-state index is 0.0855. The van der Waals surface area contributed by atoms with Gasteiger partial charge in [-0.1, -0.05) is 24.3 Å². The molecule has 168 valence electrons. The topological polar surface area (TPSA) is 107 Å². The first kappa shape index (κ1) is 20.8. The number of benzene rings is 3. The fraction of sp³-hybridized carbons (Fsp3) is 0.240. The molecule has 1 unspecified atom stereocenters. The van der Waals surface area contributed by atoms with E-state index in [1.807, 2.05) is 30.3 Å². The van der Waals surface area contributed by atoms with E-state index in [1.165, 1.54) is 0 Å². The normalized spacial score (nSPS) is 16.2. The zero-order chi connectivity index (χ0) is 22.9. The molecule has 0 saturated carbocycles. The van der Waals surface area contributed by atoms with E-state index >= 15 is 0 Å². The largest absolute Gasteiger partial charge is 0.496 e. The quantitative estimate of drug-likeness (QED) is 0.448. The number of ether oxygens (including phenoxy) is 1.